The number of hydrogen-bond donors (Lipinski definition) is 0. The zero-order valence-corrected chi connectivity index (χ0v) is 8.59. The maximum Gasteiger partial charge on any atom is -0.0234 e. The van der Waals surface area contributed by atoms with E-state index in [-0.39, 0.29) is 0 Å². The standard InChI is InChI=1S/C13H18/c1-11(2)12(3)9-10-13-7-5-4-6-8-13/h4-8,12H,1,9-10H2,2-3H3. The minimum Gasteiger partial charge on any atom is -0.0999 e. The fourth-order valence-corrected chi connectivity index (χ4v) is 1.27. The first-order chi connectivity index (χ1) is 6.20. The summed E-state index contributed by atoms with van der Waals surface area (Å²) in [4.78, 5) is 0. The van der Waals surface area contributed by atoms with Crippen LogP contribution >= 0.6 is 0 Å². The quantitative estimate of drug-likeness (QED) is 0.608. The Bertz CT molecular complexity index is 259. The van der Waals surface area contributed by atoms with Crippen molar-refractivity contribution in [1.29, 1.82) is 0 Å². The second-order valence-electron chi connectivity index (χ2n) is 3.77. The maximum absolute atomic E-state index is 3.97. The summed E-state index contributed by atoms with van der Waals surface area (Å²) in [6, 6.07) is 10.6. The second kappa shape index (κ2) is 4.86. The average molecular weight is 174 g/mol. The Morgan fingerprint density at radius 1 is 1.31 bits per heavy atom. The number of rotatable bonds is 4. The molecule has 0 bridgehead atoms. The van der Waals surface area contributed by atoms with Gasteiger partial charge in [-0.3, -0.25) is 0 Å². The molecule has 1 aromatic carbocycles. The largest absolute Gasteiger partial charge is 0.0999 e. The van der Waals surface area contributed by atoms with Crippen molar-refractivity contribution in [3.8, 4) is 0 Å². The molecule has 0 aliphatic carbocycles. The third-order valence-corrected chi connectivity index (χ3v) is 2.55. The van der Waals surface area contributed by atoms with Crippen molar-refractivity contribution in [3.05, 3.63) is 48.0 Å². The van der Waals surface area contributed by atoms with Gasteiger partial charge in [0.05, 0.1) is 0 Å². The molecule has 1 unspecified atom stereocenters. The molecule has 0 radical (unpaired) electrons. The Balaban J connectivity index is 2.39. The second-order valence-corrected chi connectivity index (χ2v) is 3.77. The Hall–Kier alpha value is -1.04. The first-order valence-electron chi connectivity index (χ1n) is 4.89. The van der Waals surface area contributed by atoms with Gasteiger partial charge in [-0.05, 0) is 31.2 Å². The summed E-state index contributed by atoms with van der Waals surface area (Å²) < 4.78 is 0. The topological polar surface area (TPSA) is 0 Å². The van der Waals surface area contributed by atoms with E-state index in [2.05, 4.69) is 50.8 Å². The lowest BCUT2D eigenvalue weighted by Crippen LogP contribution is -1.97. The molecule has 1 rings (SSSR count). The van der Waals surface area contributed by atoms with Gasteiger partial charge in [-0.2, -0.15) is 0 Å². The minimum atomic E-state index is 0.639. The molecule has 0 saturated heterocycles. The summed E-state index contributed by atoms with van der Waals surface area (Å²) in [6.45, 7) is 8.32. The summed E-state index contributed by atoms with van der Waals surface area (Å²) in [5.74, 6) is 0.639. The van der Waals surface area contributed by atoms with E-state index in [4.69, 9.17) is 0 Å². The Kier molecular flexibility index (Phi) is 3.75. The van der Waals surface area contributed by atoms with Gasteiger partial charge in [0.15, 0.2) is 0 Å². The van der Waals surface area contributed by atoms with Crippen LogP contribution in [0.5, 0.6) is 0 Å². The molecule has 1 aromatic rings. The molecule has 0 nitrogen and oxygen atoms in total. The first kappa shape index (κ1) is 10.0. The van der Waals surface area contributed by atoms with Crippen molar-refractivity contribution in [2.45, 2.75) is 26.7 Å². The summed E-state index contributed by atoms with van der Waals surface area (Å²) in [6.07, 6.45) is 2.37. The molecule has 0 aromatic heterocycles. The molecule has 0 saturated carbocycles. The summed E-state index contributed by atoms with van der Waals surface area (Å²) >= 11 is 0. The molecule has 13 heavy (non-hydrogen) atoms. The predicted octanol–water partition coefficient (Wildman–Crippen LogP) is 3.83. The zero-order valence-electron chi connectivity index (χ0n) is 8.59. The highest BCUT2D eigenvalue weighted by Crippen LogP contribution is 2.15. The van der Waals surface area contributed by atoms with Crippen molar-refractivity contribution in [1.82, 2.24) is 0 Å². The van der Waals surface area contributed by atoms with Crippen LogP contribution in [0.25, 0.3) is 0 Å². The Morgan fingerprint density at radius 3 is 2.46 bits per heavy atom. The van der Waals surface area contributed by atoms with Gasteiger partial charge in [-0.25, -0.2) is 0 Å². The molecule has 0 amide bonds. The van der Waals surface area contributed by atoms with Crippen LogP contribution in [-0.2, 0) is 6.42 Å². The Morgan fingerprint density at radius 2 is 1.92 bits per heavy atom. The highest BCUT2D eigenvalue weighted by Gasteiger charge is 2.01. The molecule has 0 spiro atoms. The highest BCUT2D eigenvalue weighted by molar-refractivity contribution is 5.15. The fraction of sp³-hybridized carbons (Fsp3) is 0.385. The van der Waals surface area contributed by atoms with Crippen LogP contribution in [0.1, 0.15) is 25.8 Å². The number of benzene rings is 1. The Labute approximate surface area is 81.3 Å². The fourth-order valence-electron chi connectivity index (χ4n) is 1.27. The van der Waals surface area contributed by atoms with E-state index in [1.54, 1.807) is 0 Å². The number of allylic oxidation sites excluding steroid dienone is 1. The van der Waals surface area contributed by atoms with Gasteiger partial charge in [-0.15, -0.1) is 0 Å². The van der Waals surface area contributed by atoms with Gasteiger partial charge >= 0.3 is 0 Å². The summed E-state index contributed by atoms with van der Waals surface area (Å²) in [5, 5.41) is 0. The minimum absolute atomic E-state index is 0.639. The summed E-state index contributed by atoms with van der Waals surface area (Å²) in [5.41, 5.74) is 2.71. The molecular formula is C13H18. The van der Waals surface area contributed by atoms with E-state index in [0.717, 1.165) is 6.42 Å². The lowest BCUT2D eigenvalue weighted by Gasteiger charge is -2.10. The third-order valence-electron chi connectivity index (χ3n) is 2.55. The lowest BCUT2D eigenvalue weighted by molar-refractivity contribution is 0.615. The molecule has 0 heteroatoms. The molecule has 0 heterocycles. The van der Waals surface area contributed by atoms with Crippen LogP contribution in [0.2, 0.25) is 0 Å². The molecule has 0 fully saturated rings. The van der Waals surface area contributed by atoms with Crippen LogP contribution in [-0.4, -0.2) is 0 Å². The molecule has 1 atom stereocenters. The SMILES string of the molecule is C=C(C)C(C)CCc1ccccc1. The van der Waals surface area contributed by atoms with Crippen molar-refractivity contribution in [3.63, 3.8) is 0 Å². The lowest BCUT2D eigenvalue weighted by atomic mass is 9.96. The number of aryl methyl sites for hydroxylation is 1. The van der Waals surface area contributed by atoms with Crippen LogP contribution in [0.3, 0.4) is 0 Å². The van der Waals surface area contributed by atoms with E-state index < -0.39 is 0 Å². The van der Waals surface area contributed by atoms with Crippen LogP contribution in [0, 0.1) is 5.92 Å². The molecule has 0 N–H and O–H groups in total. The zero-order chi connectivity index (χ0) is 9.68. The van der Waals surface area contributed by atoms with Gasteiger partial charge in [0.25, 0.3) is 0 Å². The van der Waals surface area contributed by atoms with E-state index in [1.807, 2.05) is 0 Å². The van der Waals surface area contributed by atoms with Crippen LogP contribution in [0.15, 0.2) is 42.5 Å². The highest BCUT2D eigenvalue weighted by atomic mass is 14.1. The van der Waals surface area contributed by atoms with Crippen molar-refractivity contribution in [2.24, 2.45) is 5.92 Å². The third kappa shape index (κ3) is 3.45. The molecular weight excluding hydrogens is 156 g/mol. The van der Waals surface area contributed by atoms with Gasteiger partial charge in [0.2, 0.25) is 0 Å². The maximum atomic E-state index is 3.97. The van der Waals surface area contributed by atoms with Crippen molar-refractivity contribution < 1.29 is 0 Å². The van der Waals surface area contributed by atoms with Crippen molar-refractivity contribution in [2.75, 3.05) is 0 Å². The smallest absolute Gasteiger partial charge is 0.0234 e. The van der Waals surface area contributed by atoms with E-state index in [9.17, 15) is 0 Å². The molecule has 0 aliphatic rings. The predicted molar refractivity (Wildman–Crippen MR) is 58.7 cm³/mol. The van der Waals surface area contributed by atoms with Gasteiger partial charge in [0, 0.05) is 0 Å². The first-order valence-corrected chi connectivity index (χ1v) is 4.89. The van der Waals surface area contributed by atoms with E-state index in [1.165, 1.54) is 17.6 Å². The van der Waals surface area contributed by atoms with Crippen LogP contribution < -0.4 is 0 Å². The van der Waals surface area contributed by atoms with Crippen molar-refractivity contribution >= 4 is 0 Å². The number of hydrogen-bond acceptors (Lipinski definition) is 0. The van der Waals surface area contributed by atoms with Gasteiger partial charge in [-0.1, -0.05) is 49.4 Å². The van der Waals surface area contributed by atoms with Gasteiger partial charge < -0.3 is 0 Å². The van der Waals surface area contributed by atoms with E-state index in [0.29, 0.717) is 5.92 Å². The molecule has 0 aliphatic heterocycles. The monoisotopic (exact) mass is 174 g/mol. The molecule has 70 valence electrons. The normalized spacial score (nSPS) is 12.5. The van der Waals surface area contributed by atoms with E-state index >= 15 is 0 Å². The summed E-state index contributed by atoms with van der Waals surface area (Å²) in [7, 11) is 0. The average Bonchev–Trinajstić information content (AvgIpc) is 2.15. The van der Waals surface area contributed by atoms with Gasteiger partial charge in [0.1, 0.15) is 0 Å². The van der Waals surface area contributed by atoms with Crippen LogP contribution in [0.4, 0.5) is 0 Å².